The number of hydrogen-bond donors (Lipinski definition) is 5. The van der Waals surface area contributed by atoms with Gasteiger partial charge in [-0.1, -0.05) is 22.4 Å². The van der Waals surface area contributed by atoms with Gasteiger partial charge in [-0.2, -0.15) is 0 Å². The predicted octanol–water partition coefficient (Wildman–Crippen LogP) is 6.84. The standard InChI is InChI=1S/C17H21N3O4.C17H23N3O2/c1-10-17(11(2)24-19-10)12-3-8-15(16(9-12)20(22)23)18-13-4-6-14(21)7-5-13;1-10-17(11(2)22-20-10)12-3-8-16(15(18)9-12)19-13-4-6-14(21)7-5-13/h3,8-9,13-14,18,21H,4-7H2,1-2H3;3,8-9,13-14,19,21H,4-7,18H2,1-2H3. The summed E-state index contributed by atoms with van der Waals surface area (Å²) in [5.74, 6) is 1.45. The van der Waals surface area contributed by atoms with Crippen molar-refractivity contribution in [2.45, 2.75) is 103 Å². The van der Waals surface area contributed by atoms with E-state index >= 15 is 0 Å². The Morgan fingerprint density at radius 2 is 1.17 bits per heavy atom. The first kappa shape index (κ1) is 33.0. The third-order valence-corrected chi connectivity index (χ3v) is 9.00. The van der Waals surface area contributed by atoms with Crippen molar-refractivity contribution in [1.82, 2.24) is 10.3 Å². The Bertz CT molecular complexity index is 1610. The highest BCUT2D eigenvalue weighted by Crippen LogP contribution is 2.36. The quantitative estimate of drug-likeness (QED) is 0.0816. The van der Waals surface area contributed by atoms with Gasteiger partial charge >= 0.3 is 0 Å². The highest BCUT2D eigenvalue weighted by Gasteiger charge is 2.24. The summed E-state index contributed by atoms with van der Waals surface area (Å²) >= 11 is 0. The zero-order valence-corrected chi connectivity index (χ0v) is 26.9. The minimum absolute atomic E-state index is 0.0404. The number of aryl methyl sites for hydroxylation is 4. The number of aromatic nitrogens is 2. The molecule has 2 saturated carbocycles. The van der Waals surface area contributed by atoms with E-state index in [1.807, 2.05) is 45.0 Å². The lowest BCUT2D eigenvalue weighted by Crippen LogP contribution is -2.28. The number of hydrogen-bond acceptors (Lipinski definition) is 11. The van der Waals surface area contributed by atoms with Gasteiger partial charge in [0, 0.05) is 29.3 Å². The van der Waals surface area contributed by atoms with Gasteiger partial charge in [0.15, 0.2) is 0 Å². The zero-order chi connectivity index (χ0) is 33.0. The lowest BCUT2D eigenvalue weighted by Gasteiger charge is -2.27. The van der Waals surface area contributed by atoms with Crippen molar-refractivity contribution in [3.8, 4) is 22.3 Å². The van der Waals surface area contributed by atoms with Crippen molar-refractivity contribution in [2.75, 3.05) is 16.4 Å². The molecule has 6 N–H and O–H groups in total. The highest BCUT2D eigenvalue weighted by atomic mass is 16.6. The fourth-order valence-electron chi connectivity index (χ4n) is 6.48. The summed E-state index contributed by atoms with van der Waals surface area (Å²) in [6, 6.07) is 11.7. The van der Waals surface area contributed by atoms with E-state index in [1.165, 1.54) is 0 Å². The Labute approximate surface area is 268 Å². The first-order valence-electron chi connectivity index (χ1n) is 15.9. The lowest BCUT2D eigenvalue weighted by atomic mass is 9.93. The minimum atomic E-state index is -0.373. The van der Waals surface area contributed by atoms with E-state index in [2.05, 4.69) is 20.9 Å². The van der Waals surface area contributed by atoms with E-state index in [0.717, 1.165) is 96.4 Å². The fourth-order valence-corrected chi connectivity index (χ4v) is 6.48. The fraction of sp³-hybridized carbons (Fsp3) is 0.471. The van der Waals surface area contributed by atoms with Gasteiger partial charge in [0.1, 0.15) is 17.2 Å². The SMILES string of the molecule is Cc1noc(C)c1-c1ccc(NC2CCC(O)CC2)c(N)c1.Cc1noc(C)c1-c1ccc(NC2CCC(O)CC2)c([N+](=O)[O-])c1. The summed E-state index contributed by atoms with van der Waals surface area (Å²) in [5.41, 5.74) is 13.6. The van der Waals surface area contributed by atoms with Crippen molar-refractivity contribution < 1.29 is 24.2 Å². The maximum absolute atomic E-state index is 11.5. The van der Waals surface area contributed by atoms with Crippen LogP contribution in [0.3, 0.4) is 0 Å². The van der Waals surface area contributed by atoms with Gasteiger partial charge in [0.2, 0.25) is 0 Å². The van der Waals surface area contributed by atoms with Gasteiger partial charge in [-0.25, -0.2) is 0 Å². The molecule has 2 aromatic carbocycles. The topological polar surface area (TPSA) is 186 Å². The molecule has 2 fully saturated rings. The number of nitro benzene ring substituents is 1. The molecule has 6 rings (SSSR count). The first-order valence-corrected chi connectivity index (χ1v) is 15.9. The molecule has 2 aliphatic carbocycles. The van der Waals surface area contributed by atoms with Gasteiger partial charge in [-0.15, -0.1) is 0 Å². The monoisotopic (exact) mass is 632 g/mol. The van der Waals surface area contributed by atoms with Crippen molar-refractivity contribution >= 4 is 22.7 Å². The summed E-state index contributed by atoms with van der Waals surface area (Å²) in [5, 5.41) is 45.3. The number of anilines is 3. The smallest absolute Gasteiger partial charge is 0.292 e. The number of aliphatic hydroxyl groups excluding tert-OH is 2. The number of nitrogens with one attached hydrogen (secondary N) is 2. The Kier molecular flexibility index (Phi) is 10.3. The average Bonchev–Trinajstić information content (AvgIpc) is 3.55. The Balaban J connectivity index is 0.000000182. The van der Waals surface area contributed by atoms with Crippen LogP contribution in [-0.2, 0) is 0 Å². The second-order valence-electron chi connectivity index (χ2n) is 12.5. The summed E-state index contributed by atoms with van der Waals surface area (Å²) in [6.45, 7) is 7.45. The van der Waals surface area contributed by atoms with E-state index in [9.17, 15) is 20.3 Å². The van der Waals surface area contributed by atoms with E-state index in [1.54, 1.807) is 19.1 Å². The molecule has 0 radical (unpaired) electrons. The Morgan fingerprint density at radius 1 is 0.739 bits per heavy atom. The molecule has 246 valence electrons. The molecule has 2 heterocycles. The second-order valence-corrected chi connectivity index (χ2v) is 12.5. The number of nitrogen functional groups attached to an aromatic ring is 1. The van der Waals surface area contributed by atoms with Gasteiger partial charge in [-0.3, -0.25) is 10.1 Å². The average molecular weight is 633 g/mol. The van der Waals surface area contributed by atoms with Crippen LogP contribution in [-0.4, -0.2) is 49.7 Å². The largest absolute Gasteiger partial charge is 0.397 e. The Hall–Kier alpha value is -4.42. The van der Waals surface area contributed by atoms with Crippen molar-refractivity contribution in [2.24, 2.45) is 0 Å². The maximum atomic E-state index is 11.5. The van der Waals surface area contributed by atoms with Crippen LogP contribution >= 0.6 is 0 Å². The molecule has 46 heavy (non-hydrogen) atoms. The number of nitrogens with zero attached hydrogens (tertiary/aromatic N) is 3. The third-order valence-electron chi connectivity index (χ3n) is 9.00. The van der Waals surface area contributed by atoms with Crippen LogP contribution in [0, 0.1) is 37.8 Å². The molecule has 0 aliphatic heterocycles. The first-order chi connectivity index (χ1) is 22.0. The molecule has 2 aliphatic rings. The number of nitrogens with two attached hydrogens (primary N) is 1. The molecule has 4 aromatic rings. The lowest BCUT2D eigenvalue weighted by molar-refractivity contribution is -0.383. The van der Waals surface area contributed by atoms with Crippen molar-refractivity contribution in [3.05, 3.63) is 69.4 Å². The normalized spacial score (nSPS) is 21.3. The third kappa shape index (κ3) is 7.68. The minimum Gasteiger partial charge on any atom is -0.397 e. The van der Waals surface area contributed by atoms with Crippen LogP contribution in [0.2, 0.25) is 0 Å². The molecule has 0 bridgehead atoms. The van der Waals surface area contributed by atoms with Crippen LogP contribution in [0.1, 0.15) is 74.3 Å². The molecular formula is C34H44N6O6. The summed E-state index contributed by atoms with van der Waals surface area (Å²) < 4.78 is 10.4. The molecule has 12 nitrogen and oxygen atoms in total. The van der Waals surface area contributed by atoms with Crippen LogP contribution in [0.25, 0.3) is 22.3 Å². The van der Waals surface area contributed by atoms with Crippen LogP contribution < -0.4 is 16.4 Å². The number of nitro groups is 1. The van der Waals surface area contributed by atoms with Gasteiger partial charge in [0.25, 0.3) is 5.69 Å². The number of benzene rings is 2. The summed E-state index contributed by atoms with van der Waals surface area (Å²) in [7, 11) is 0. The zero-order valence-electron chi connectivity index (χ0n) is 26.9. The molecule has 0 unspecified atom stereocenters. The second kappa shape index (κ2) is 14.3. The van der Waals surface area contributed by atoms with E-state index in [0.29, 0.717) is 23.2 Å². The predicted molar refractivity (Wildman–Crippen MR) is 178 cm³/mol. The molecule has 0 saturated heterocycles. The van der Waals surface area contributed by atoms with Crippen LogP contribution in [0.5, 0.6) is 0 Å². The van der Waals surface area contributed by atoms with E-state index < -0.39 is 0 Å². The number of aliphatic hydroxyl groups is 2. The maximum Gasteiger partial charge on any atom is 0.292 e. The van der Waals surface area contributed by atoms with Gasteiger partial charge in [-0.05, 0) is 108 Å². The van der Waals surface area contributed by atoms with Crippen LogP contribution in [0.4, 0.5) is 22.7 Å². The molecule has 0 spiro atoms. The van der Waals surface area contributed by atoms with Gasteiger partial charge in [0.05, 0.1) is 39.9 Å². The van der Waals surface area contributed by atoms with Crippen LogP contribution in [0.15, 0.2) is 45.4 Å². The van der Waals surface area contributed by atoms with E-state index in [4.69, 9.17) is 14.8 Å². The van der Waals surface area contributed by atoms with Crippen molar-refractivity contribution in [1.29, 1.82) is 0 Å². The molecule has 0 amide bonds. The molecular weight excluding hydrogens is 588 g/mol. The number of rotatable bonds is 7. The molecule has 0 atom stereocenters. The molecule has 2 aromatic heterocycles. The van der Waals surface area contributed by atoms with E-state index in [-0.39, 0.29) is 28.9 Å². The van der Waals surface area contributed by atoms with Gasteiger partial charge < -0.3 is 35.6 Å². The van der Waals surface area contributed by atoms with Crippen molar-refractivity contribution in [3.63, 3.8) is 0 Å². The Morgan fingerprint density at radius 3 is 1.59 bits per heavy atom. The highest BCUT2D eigenvalue weighted by molar-refractivity contribution is 5.78. The molecule has 12 heteroatoms. The summed E-state index contributed by atoms with van der Waals surface area (Å²) in [4.78, 5) is 11.1. The summed E-state index contributed by atoms with van der Waals surface area (Å²) in [6.07, 6.45) is 6.35.